The van der Waals surface area contributed by atoms with E-state index in [1.165, 1.54) is 6.07 Å². The summed E-state index contributed by atoms with van der Waals surface area (Å²) in [5, 5.41) is 8.97. The average Bonchev–Trinajstić information content (AvgIpc) is 2.29. The number of alkyl halides is 1. The highest BCUT2D eigenvalue weighted by atomic mass is 19.1. The molecule has 1 fully saturated rings. The topological polar surface area (TPSA) is 53.4 Å². The first-order chi connectivity index (χ1) is 8.06. The Morgan fingerprint density at radius 1 is 1.47 bits per heavy atom. The van der Waals surface area contributed by atoms with Gasteiger partial charge in [0.05, 0.1) is 5.56 Å². The molecular weight excluding hydrogens is 223 g/mol. The molecule has 17 heavy (non-hydrogen) atoms. The van der Waals surface area contributed by atoms with Crippen molar-refractivity contribution in [3.05, 3.63) is 23.4 Å². The molecular formula is C12H15FN2O2. The second-order valence-electron chi connectivity index (χ2n) is 4.32. The number of halogens is 1. The molecule has 5 heteroatoms. The summed E-state index contributed by atoms with van der Waals surface area (Å²) in [6.45, 7) is 2.95. The summed E-state index contributed by atoms with van der Waals surface area (Å²) in [5.74, 6) is -0.327. The minimum absolute atomic E-state index is 0.231. The van der Waals surface area contributed by atoms with E-state index in [0.717, 1.165) is 0 Å². The lowest BCUT2D eigenvalue weighted by molar-refractivity contribution is 0.0696. The Labute approximate surface area is 99.1 Å². The van der Waals surface area contributed by atoms with Crippen LogP contribution in [-0.2, 0) is 0 Å². The lowest BCUT2D eigenvalue weighted by Crippen LogP contribution is -2.35. The van der Waals surface area contributed by atoms with Crippen molar-refractivity contribution in [2.24, 2.45) is 0 Å². The van der Waals surface area contributed by atoms with Crippen molar-refractivity contribution in [3.8, 4) is 0 Å². The van der Waals surface area contributed by atoms with Crippen LogP contribution in [0.2, 0.25) is 0 Å². The third kappa shape index (κ3) is 2.72. The number of hydrogen-bond acceptors (Lipinski definition) is 3. The van der Waals surface area contributed by atoms with E-state index in [1.54, 1.807) is 13.0 Å². The van der Waals surface area contributed by atoms with Gasteiger partial charge in [-0.15, -0.1) is 0 Å². The first kappa shape index (κ1) is 11.8. The molecule has 0 amide bonds. The highest BCUT2D eigenvalue weighted by Crippen LogP contribution is 2.21. The smallest absolute Gasteiger partial charge is 0.335 e. The summed E-state index contributed by atoms with van der Waals surface area (Å²) in [7, 11) is 0. The van der Waals surface area contributed by atoms with Crippen LogP contribution in [0, 0.1) is 6.92 Å². The number of aromatic carboxylic acids is 1. The van der Waals surface area contributed by atoms with E-state index in [0.29, 0.717) is 37.4 Å². The molecule has 1 aromatic rings. The molecule has 0 radical (unpaired) electrons. The molecule has 0 bridgehead atoms. The number of nitrogens with zero attached hydrogens (tertiary/aromatic N) is 2. The molecule has 0 atom stereocenters. The van der Waals surface area contributed by atoms with Gasteiger partial charge in [-0.2, -0.15) is 0 Å². The molecule has 92 valence electrons. The number of aromatic nitrogens is 1. The number of carbonyl (C=O) groups is 1. The van der Waals surface area contributed by atoms with Gasteiger partial charge in [-0.05, 0) is 31.9 Å². The number of aryl methyl sites for hydroxylation is 1. The van der Waals surface area contributed by atoms with Crippen LogP contribution in [0.15, 0.2) is 12.1 Å². The maximum atomic E-state index is 13.0. The van der Waals surface area contributed by atoms with Gasteiger partial charge >= 0.3 is 5.97 Å². The lowest BCUT2D eigenvalue weighted by Gasteiger charge is -2.29. The largest absolute Gasteiger partial charge is 0.478 e. The van der Waals surface area contributed by atoms with Gasteiger partial charge in [0, 0.05) is 18.8 Å². The van der Waals surface area contributed by atoms with Crippen molar-refractivity contribution in [1.82, 2.24) is 4.98 Å². The summed E-state index contributed by atoms with van der Waals surface area (Å²) in [5.41, 5.74) is 0.900. The van der Waals surface area contributed by atoms with Gasteiger partial charge in [0.25, 0.3) is 0 Å². The third-order valence-corrected chi connectivity index (χ3v) is 2.94. The van der Waals surface area contributed by atoms with Crippen LogP contribution in [0.1, 0.15) is 28.9 Å². The number of hydrogen-bond donors (Lipinski definition) is 1. The lowest BCUT2D eigenvalue weighted by atomic mass is 10.1. The van der Waals surface area contributed by atoms with Crippen LogP contribution in [0.5, 0.6) is 0 Å². The van der Waals surface area contributed by atoms with Crippen LogP contribution in [0.3, 0.4) is 0 Å². The van der Waals surface area contributed by atoms with Crippen LogP contribution >= 0.6 is 0 Å². The van der Waals surface area contributed by atoms with Crippen LogP contribution in [-0.4, -0.2) is 35.3 Å². The van der Waals surface area contributed by atoms with Gasteiger partial charge in [0.15, 0.2) is 0 Å². The molecule has 2 rings (SSSR count). The van der Waals surface area contributed by atoms with E-state index in [9.17, 15) is 9.18 Å². The minimum Gasteiger partial charge on any atom is -0.478 e. The predicted molar refractivity (Wildman–Crippen MR) is 62.3 cm³/mol. The first-order valence-electron chi connectivity index (χ1n) is 5.67. The first-order valence-corrected chi connectivity index (χ1v) is 5.67. The SMILES string of the molecule is Cc1cc(C(=O)O)cc(N2CCC(F)CC2)n1. The summed E-state index contributed by atoms with van der Waals surface area (Å²) >= 11 is 0. The number of carboxylic acids is 1. The van der Waals surface area contributed by atoms with E-state index in [2.05, 4.69) is 4.98 Å². The van der Waals surface area contributed by atoms with Crippen molar-refractivity contribution in [2.75, 3.05) is 18.0 Å². The molecule has 0 aliphatic carbocycles. The zero-order valence-electron chi connectivity index (χ0n) is 9.69. The normalized spacial score (nSPS) is 17.2. The molecule has 4 nitrogen and oxygen atoms in total. The maximum Gasteiger partial charge on any atom is 0.335 e. The van der Waals surface area contributed by atoms with E-state index in [4.69, 9.17) is 5.11 Å². The van der Waals surface area contributed by atoms with Crippen LogP contribution < -0.4 is 4.90 Å². The maximum absolute atomic E-state index is 13.0. The Kier molecular flexibility index (Phi) is 3.26. The van der Waals surface area contributed by atoms with Gasteiger partial charge in [-0.3, -0.25) is 0 Å². The molecule has 1 aliphatic rings. The minimum atomic E-state index is -0.961. The van der Waals surface area contributed by atoms with Crippen LogP contribution in [0.25, 0.3) is 0 Å². The van der Waals surface area contributed by atoms with Gasteiger partial charge in [-0.25, -0.2) is 14.2 Å². The summed E-state index contributed by atoms with van der Waals surface area (Å²) in [6, 6.07) is 3.08. The fourth-order valence-corrected chi connectivity index (χ4v) is 2.01. The van der Waals surface area contributed by atoms with Crippen molar-refractivity contribution < 1.29 is 14.3 Å². The molecule has 0 aromatic carbocycles. The van der Waals surface area contributed by atoms with E-state index in [-0.39, 0.29) is 5.56 Å². The van der Waals surface area contributed by atoms with Crippen molar-refractivity contribution >= 4 is 11.8 Å². The molecule has 0 spiro atoms. The monoisotopic (exact) mass is 238 g/mol. The Hall–Kier alpha value is -1.65. The molecule has 1 aromatic heterocycles. The number of pyridine rings is 1. The molecule has 1 N–H and O–H groups in total. The van der Waals surface area contributed by atoms with Gasteiger partial charge in [-0.1, -0.05) is 0 Å². The predicted octanol–water partition coefficient (Wildman–Crippen LogP) is 2.03. The Morgan fingerprint density at radius 3 is 2.71 bits per heavy atom. The van der Waals surface area contributed by atoms with Gasteiger partial charge in [0.2, 0.25) is 0 Å². The zero-order chi connectivity index (χ0) is 12.4. The second kappa shape index (κ2) is 4.69. The fraction of sp³-hybridized carbons (Fsp3) is 0.500. The number of carboxylic acid groups (broad SMARTS) is 1. The average molecular weight is 238 g/mol. The highest BCUT2D eigenvalue weighted by molar-refractivity contribution is 5.88. The number of anilines is 1. The van der Waals surface area contributed by atoms with Crippen molar-refractivity contribution in [1.29, 1.82) is 0 Å². The fourth-order valence-electron chi connectivity index (χ4n) is 2.01. The Bertz CT molecular complexity index is 429. The molecule has 2 heterocycles. The van der Waals surface area contributed by atoms with Gasteiger partial charge in [0.1, 0.15) is 12.0 Å². The van der Waals surface area contributed by atoms with E-state index in [1.807, 2.05) is 4.90 Å². The van der Waals surface area contributed by atoms with Crippen molar-refractivity contribution in [3.63, 3.8) is 0 Å². The molecule has 0 saturated carbocycles. The summed E-state index contributed by atoms with van der Waals surface area (Å²) in [4.78, 5) is 17.2. The van der Waals surface area contributed by atoms with E-state index >= 15 is 0 Å². The number of rotatable bonds is 2. The molecule has 0 unspecified atom stereocenters. The summed E-state index contributed by atoms with van der Waals surface area (Å²) < 4.78 is 13.0. The molecule has 1 saturated heterocycles. The standard InChI is InChI=1S/C12H15FN2O2/c1-8-6-9(12(16)17)7-11(14-8)15-4-2-10(13)3-5-15/h6-7,10H,2-5H2,1H3,(H,16,17). The quantitative estimate of drug-likeness (QED) is 0.856. The second-order valence-corrected chi connectivity index (χ2v) is 4.32. The molecule has 1 aliphatic heterocycles. The number of piperidine rings is 1. The van der Waals surface area contributed by atoms with E-state index < -0.39 is 12.1 Å². The highest BCUT2D eigenvalue weighted by Gasteiger charge is 2.20. The van der Waals surface area contributed by atoms with Crippen molar-refractivity contribution in [2.45, 2.75) is 25.9 Å². The summed E-state index contributed by atoms with van der Waals surface area (Å²) in [6.07, 6.45) is 0.228. The van der Waals surface area contributed by atoms with Gasteiger partial charge < -0.3 is 10.0 Å². The zero-order valence-corrected chi connectivity index (χ0v) is 9.69. The Morgan fingerprint density at radius 2 is 2.12 bits per heavy atom. The van der Waals surface area contributed by atoms with Crippen LogP contribution in [0.4, 0.5) is 10.2 Å². The Balaban J connectivity index is 2.23. The third-order valence-electron chi connectivity index (χ3n) is 2.94.